The Labute approximate surface area is 156 Å². The molecule has 0 saturated carbocycles. The molecule has 1 aromatic heterocycles. The highest BCUT2D eigenvalue weighted by Crippen LogP contribution is 2.26. The summed E-state index contributed by atoms with van der Waals surface area (Å²) in [4.78, 5) is 27.2. The molecule has 3 N–H and O–H groups in total. The average molecular weight is 389 g/mol. The summed E-state index contributed by atoms with van der Waals surface area (Å²) in [6.07, 6.45) is 0. The lowest BCUT2D eigenvalue weighted by Crippen LogP contribution is -2.20. The molecular formula is C18H13F2N3O3S. The van der Waals surface area contributed by atoms with Crippen LogP contribution in [0.25, 0.3) is 11.3 Å². The number of hydrogen-bond acceptors (Lipinski definition) is 5. The van der Waals surface area contributed by atoms with Crippen LogP contribution in [0.15, 0.2) is 47.8 Å². The van der Waals surface area contributed by atoms with E-state index in [9.17, 15) is 18.4 Å². The molecule has 0 radical (unpaired) electrons. The molecule has 0 atom stereocenters. The quantitative estimate of drug-likeness (QED) is 0.677. The van der Waals surface area contributed by atoms with Crippen LogP contribution in [0, 0.1) is 11.6 Å². The number of hydrogen-bond donors (Lipinski definition) is 2. The number of amides is 2. The van der Waals surface area contributed by atoms with Gasteiger partial charge in [0.1, 0.15) is 5.75 Å². The molecule has 3 rings (SSSR count). The van der Waals surface area contributed by atoms with Crippen LogP contribution < -0.4 is 15.8 Å². The topological polar surface area (TPSA) is 94.3 Å². The number of benzene rings is 2. The molecule has 0 bridgehead atoms. The molecule has 0 aliphatic heterocycles. The van der Waals surface area contributed by atoms with Crippen LogP contribution in [0.2, 0.25) is 0 Å². The zero-order chi connectivity index (χ0) is 19.4. The van der Waals surface area contributed by atoms with Gasteiger partial charge in [0.2, 0.25) is 0 Å². The van der Waals surface area contributed by atoms with Gasteiger partial charge in [-0.05, 0) is 42.5 Å². The number of primary amides is 1. The molecular weight excluding hydrogens is 376 g/mol. The Morgan fingerprint density at radius 2 is 1.85 bits per heavy atom. The molecule has 27 heavy (non-hydrogen) atoms. The highest BCUT2D eigenvalue weighted by atomic mass is 32.1. The van der Waals surface area contributed by atoms with Gasteiger partial charge in [0.15, 0.2) is 23.4 Å². The van der Waals surface area contributed by atoms with Gasteiger partial charge in [0, 0.05) is 16.5 Å². The van der Waals surface area contributed by atoms with Crippen molar-refractivity contribution in [3.05, 3.63) is 65.0 Å². The molecule has 6 nitrogen and oxygen atoms in total. The van der Waals surface area contributed by atoms with E-state index in [0.29, 0.717) is 27.7 Å². The van der Waals surface area contributed by atoms with Gasteiger partial charge in [-0.1, -0.05) is 0 Å². The Kier molecular flexibility index (Phi) is 5.41. The number of rotatable bonds is 6. The van der Waals surface area contributed by atoms with Crippen molar-refractivity contribution >= 4 is 28.3 Å². The first-order valence-corrected chi connectivity index (χ1v) is 8.54. The number of ether oxygens (including phenoxy) is 1. The highest BCUT2D eigenvalue weighted by molar-refractivity contribution is 7.14. The molecule has 0 aliphatic rings. The summed E-state index contributed by atoms with van der Waals surface area (Å²) in [5, 5.41) is 4.57. The van der Waals surface area contributed by atoms with Crippen molar-refractivity contribution in [2.24, 2.45) is 5.73 Å². The number of thiazole rings is 1. The predicted molar refractivity (Wildman–Crippen MR) is 96.6 cm³/mol. The average Bonchev–Trinajstić information content (AvgIpc) is 3.11. The van der Waals surface area contributed by atoms with Gasteiger partial charge in [-0.25, -0.2) is 13.8 Å². The van der Waals surface area contributed by atoms with E-state index >= 15 is 0 Å². The second kappa shape index (κ2) is 7.92. The summed E-state index contributed by atoms with van der Waals surface area (Å²) < 4.78 is 31.5. The molecule has 0 unspecified atom stereocenters. The first kappa shape index (κ1) is 18.5. The Morgan fingerprint density at radius 1 is 1.11 bits per heavy atom. The van der Waals surface area contributed by atoms with Crippen LogP contribution in [0.1, 0.15) is 10.4 Å². The maximum absolute atomic E-state index is 13.3. The fraction of sp³-hybridized carbons (Fsp3) is 0.0556. The van der Waals surface area contributed by atoms with E-state index in [1.54, 1.807) is 5.38 Å². The molecule has 0 spiro atoms. The molecule has 9 heteroatoms. The Bertz CT molecular complexity index is 990. The third kappa shape index (κ3) is 4.64. The van der Waals surface area contributed by atoms with Gasteiger partial charge >= 0.3 is 0 Å². The zero-order valence-electron chi connectivity index (χ0n) is 13.7. The lowest BCUT2D eigenvalue weighted by molar-refractivity contribution is -0.119. The van der Waals surface area contributed by atoms with Crippen molar-refractivity contribution in [1.82, 2.24) is 4.98 Å². The number of nitrogens with zero attached hydrogens (tertiary/aromatic N) is 1. The summed E-state index contributed by atoms with van der Waals surface area (Å²) in [7, 11) is 0. The summed E-state index contributed by atoms with van der Waals surface area (Å²) in [5.41, 5.74) is 6.17. The van der Waals surface area contributed by atoms with Crippen LogP contribution in [-0.4, -0.2) is 23.4 Å². The van der Waals surface area contributed by atoms with E-state index in [-0.39, 0.29) is 6.61 Å². The monoisotopic (exact) mass is 389 g/mol. The number of halogens is 2. The minimum Gasteiger partial charge on any atom is -0.484 e. The van der Waals surface area contributed by atoms with E-state index in [4.69, 9.17) is 10.5 Å². The second-order valence-electron chi connectivity index (χ2n) is 5.40. The van der Waals surface area contributed by atoms with Gasteiger partial charge in [-0.2, -0.15) is 0 Å². The van der Waals surface area contributed by atoms with Gasteiger partial charge in [0.05, 0.1) is 5.69 Å². The first-order valence-electron chi connectivity index (χ1n) is 7.66. The van der Waals surface area contributed by atoms with Crippen LogP contribution in [-0.2, 0) is 4.79 Å². The Morgan fingerprint density at radius 3 is 2.52 bits per heavy atom. The Balaban J connectivity index is 1.67. The Hall–Kier alpha value is -3.33. The fourth-order valence-corrected chi connectivity index (χ4v) is 2.86. The zero-order valence-corrected chi connectivity index (χ0v) is 14.6. The third-order valence-electron chi connectivity index (χ3n) is 3.44. The van der Waals surface area contributed by atoms with Gasteiger partial charge in [-0.15, -0.1) is 11.3 Å². The van der Waals surface area contributed by atoms with E-state index in [1.165, 1.54) is 30.3 Å². The number of aromatic nitrogens is 1. The molecule has 0 saturated heterocycles. The number of nitrogens with two attached hydrogens (primary N) is 1. The summed E-state index contributed by atoms with van der Waals surface area (Å²) >= 11 is 1.16. The summed E-state index contributed by atoms with van der Waals surface area (Å²) in [6, 6.07) is 9.58. The number of nitrogens with one attached hydrogen (secondary N) is 1. The normalized spacial score (nSPS) is 10.4. The fourth-order valence-electron chi connectivity index (χ4n) is 2.15. The SMILES string of the molecule is NC(=O)COc1ccc(C(=O)Nc2nc(-c3ccc(F)c(F)c3)cs2)cc1. The van der Waals surface area contributed by atoms with E-state index in [2.05, 4.69) is 10.3 Å². The van der Waals surface area contributed by atoms with Crippen molar-refractivity contribution in [1.29, 1.82) is 0 Å². The molecule has 3 aromatic rings. The molecule has 2 amide bonds. The maximum Gasteiger partial charge on any atom is 0.257 e. The molecule has 2 aromatic carbocycles. The summed E-state index contributed by atoms with van der Waals surface area (Å²) in [6.45, 7) is -0.253. The molecule has 1 heterocycles. The predicted octanol–water partition coefficient (Wildman–Crippen LogP) is 3.20. The molecule has 138 valence electrons. The van der Waals surface area contributed by atoms with E-state index in [0.717, 1.165) is 23.5 Å². The first-order chi connectivity index (χ1) is 12.9. The lowest BCUT2D eigenvalue weighted by atomic mass is 10.2. The minimum atomic E-state index is -0.968. The smallest absolute Gasteiger partial charge is 0.257 e. The third-order valence-corrected chi connectivity index (χ3v) is 4.20. The van der Waals surface area contributed by atoms with Crippen LogP contribution in [0.5, 0.6) is 5.75 Å². The maximum atomic E-state index is 13.3. The van der Waals surface area contributed by atoms with Crippen LogP contribution in [0.3, 0.4) is 0 Å². The van der Waals surface area contributed by atoms with Crippen molar-refractivity contribution in [2.75, 3.05) is 11.9 Å². The van der Waals surface area contributed by atoms with Crippen molar-refractivity contribution in [3.63, 3.8) is 0 Å². The lowest BCUT2D eigenvalue weighted by Gasteiger charge is -2.05. The highest BCUT2D eigenvalue weighted by Gasteiger charge is 2.12. The second-order valence-corrected chi connectivity index (χ2v) is 6.26. The van der Waals surface area contributed by atoms with Crippen LogP contribution >= 0.6 is 11.3 Å². The molecule has 0 aliphatic carbocycles. The van der Waals surface area contributed by atoms with Crippen molar-refractivity contribution < 1.29 is 23.1 Å². The number of carbonyl (C=O) groups excluding carboxylic acids is 2. The van der Waals surface area contributed by atoms with Crippen molar-refractivity contribution in [2.45, 2.75) is 0 Å². The standard InChI is InChI=1S/C18H13F2N3O3S/c19-13-6-3-11(7-14(13)20)15-9-27-18(22-15)23-17(25)10-1-4-12(5-2-10)26-8-16(21)24/h1-7,9H,8H2,(H2,21,24)(H,22,23,25). The van der Waals surface area contributed by atoms with E-state index < -0.39 is 23.4 Å². The van der Waals surface area contributed by atoms with Gasteiger partial charge < -0.3 is 10.5 Å². The minimum absolute atomic E-state index is 0.253. The van der Waals surface area contributed by atoms with Crippen molar-refractivity contribution in [3.8, 4) is 17.0 Å². The number of carbonyl (C=O) groups is 2. The number of anilines is 1. The molecule has 0 fully saturated rings. The largest absolute Gasteiger partial charge is 0.484 e. The van der Waals surface area contributed by atoms with E-state index in [1.807, 2.05) is 0 Å². The van der Waals surface area contributed by atoms with Crippen LogP contribution in [0.4, 0.5) is 13.9 Å². The van der Waals surface area contributed by atoms with Gasteiger partial charge in [0.25, 0.3) is 11.8 Å². The van der Waals surface area contributed by atoms with Gasteiger partial charge in [-0.3, -0.25) is 14.9 Å². The summed E-state index contributed by atoms with van der Waals surface area (Å²) in [5.74, 6) is -2.50.